The number of anilines is 2. The van der Waals surface area contributed by atoms with Crippen LogP contribution in [0.1, 0.15) is 25.6 Å². The quantitative estimate of drug-likeness (QED) is 0.620. The van der Waals surface area contributed by atoms with E-state index < -0.39 is 11.9 Å². The fourth-order valence-corrected chi connectivity index (χ4v) is 3.27. The molecule has 3 rings (SSSR count). The topological polar surface area (TPSA) is 84.5 Å². The molecule has 0 aliphatic carbocycles. The molecule has 0 saturated heterocycles. The van der Waals surface area contributed by atoms with E-state index in [4.69, 9.17) is 0 Å². The lowest BCUT2D eigenvalue weighted by molar-refractivity contribution is -0.115. The largest absolute Gasteiger partial charge is 0.465 e. The van der Waals surface area contributed by atoms with Crippen LogP contribution in [0.3, 0.4) is 0 Å². The van der Waals surface area contributed by atoms with Crippen molar-refractivity contribution >= 4 is 40.5 Å². The molecule has 2 amide bonds. The van der Waals surface area contributed by atoms with Gasteiger partial charge in [-0.2, -0.15) is 0 Å². The van der Waals surface area contributed by atoms with Gasteiger partial charge in [-0.05, 0) is 41.8 Å². The van der Waals surface area contributed by atoms with Crippen LogP contribution in [0.15, 0.2) is 66.0 Å². The molecule has 0 unspecified atom stereocenters. The molecular formula is C21H18N2O4S. The molecule has 1 aromatic heterocycles. The number of amides is 2. The molecule has 1 heterocycles. The van der Waals surface area contributed by atoms with Crippen LogP contribution < -0.4 is 10.6 Å². The summed E-state index contributed by atoms with van der Waals surface area (Å²) in [6.45, 7) is 0. The first-order valence-corrected chi connectivity index (χ1v) is 9.36. The molecule has 2 aromatic carbocycles. The minimum Gasteiger partial charge on any atom is -0.465 e. The van der Waals surface area contributed by atoms with E-state index in [9.17, 15) is 14.4 Å². The zero-order valence-electron chi connectivity index (χ0n) is 15.1. The smallest absolute Gasteiger partial charge is 0.337 e. The highest BCUT2D eigenvalue weighted by Gasteiger charge is 2.13. The molecule has 0 bridgehead atoms. The molecule has 6 nitrogen and oxygen atoms in total. The normalized spacial score (nSPS) is 10.2. The highest BCUT2D eigenvalue weighted by atomic mass is 32.1. The minimum atomic E-state index is -0.518. The van der Waals surface area contributed by atoms with E-state index in [0.717, 1.165) is 4.88 Å². The number of esters is 1. The molecule has 0 spiro atoms. The summed E-state index contributed by atoms with van der Waals surface area (Å²) in [5.74, 6) is -1.08. The molecule has 0 saturated carbocycles. The third-order valence-electron chi connectivity index (χ3n) is 3.91. The average molecular weight is 394 g/mol. The number of para-hydroxylation sites is 2. The van der Waals surface area contributed by atoms with Gasteiger partial charge in [-0.1, -0.05) is 24.3 Å². The van der Waals surface area contributed by atoms with E-state index >= 15 is 0 Å². The number of hydrogen-bond acceptors (Lipinski definition) is 5. The van der Waals surface area contributed by atoms with E-state index in [-0.39, 0.29) is 17.9 Å². The lowest BCUT2D eigenvalue weighted by atomic mass is 10.1. The van der Waals surface area contributed by atoms with Crippen molar-refractivity contribution in [2.75, 3.05) is 17.7 Å². The maximum absolute atomic E-state index is 12.6. The van der Waals surface area contributed by atoms with Gasteiger partial charge >= 0.3 is 5.97 Å². The van der Waals surface area contributed by atoms with Crippen LogP contribution in [0.2, 0.25) is 0 Å². The van der Waals surface area contributed by atoms with E-state index in [1.807, 2.05) is 17.5 Å². The van der Waals surface area contributed by atoms with Crippen LogP contribution in [0.25, 0.3) is 0 Å². The molecule has 7 heteroatoms. The van der Waals surface area contributed by atoms with Crippen molar-refractivity contribution in [2.24, 2.45) is 0 Å². The molecule has 3 aromatic rings. The minimum absolute atomic E-state index is 0.170. The van der Waals surface area contributed by atoms with Crippen molar-refractivity contribution in [1.29, 1.82) is 0 Å². The van der Waals surface area contributed by atoms with Gasteiger partial charge in [0.15, 0.2) is 0 Å². The van der Waals surface area contributed by atoms with Gasteiger partial charge in [0.25, 0.3) is 5.91 Å². The molecule has 28 heavy (non-hydrogen) atoms. The van der Waals surface area contributed by atoms with Crippen molar-refractivity contribution < 1.29 is 19.1 Å². The molecule has 0 fully saturated rings. The first-order chi connectivity index (χ1) is 13.6. The van der Waals surface area contributed by atoms with Crippen molar-refractivity contribution in [3.8, 4) is 0 Å². The van der Waals surface area contributed by atoms with Crippen molar-refractivity contribution in [1.82, 2.24) is 0 Å². The third-order valence-corrected chi connectivity index (χ3v) is 4.79. The molecule has 142 valence electrons. The summed E-state index contributed by atoms with van der Waals surface area (Å²) in [5.41, 5.74) is 1.56. The van der Waals surface area contributed by atoms with E-state index in [1.54, 1.807) is 42.5 Å². The Morgan fingerprint density at radius 1 is 0.893 bits per heavy atom. The second-order valence-electron chi connectivity index (χ2n) is 5.88. The fraction of sp³-hybridized carbons (Fsp3) is 0.0952. The Morgan fingerprint density at radius 3 is 2.29 bits per heavy atom. The zero-order chi connectivity index (χ0) is 19.9. The molecular weight excluding hydrogens is 376 g/mol. The van der Waals surface area contributed by atoms with Gasteiger partial charge in [-0.25, -0.2) is 4.79 Å². The Morgan fingerprint density at radius 2 is 1.61 bits per heavy atom. The number of benzene rings is 2. The van der Waals surface area contributed by atoms with Gasteiger partial charge in [-0.3, -0.25) is 9.59 Å². The van der Waals surface area contributed by atoms with Crippen molar-refractivity contribution in [3.63, 3.8) is 0 Å². The highest BCUT2D eigenvalue weighted by Crippen LogP contribution is 2.22. The summed E-state index contributed by atoms with van der Waals surface area (Å²) in [6.07, 6.45) is 0.265. The lowest BCUT2D eigenvalue weighted by Crippen LogP contribution is -2.18. The number of methoxy groups -OCH3 is 1. The Labute approximate surface area is 166 Å². The lowest BCUT2D eigenvalue weighted by Gasteiger charge is -2.12. The number of thiophene rings is 1. The molecule has 0 atom stereocenters. The van der Waals surface area contributed by atoms with Gasteiger partial charge < -0.3 is 15.4 Å². The standard InChI is InChI=1S/C21H18N2O4S/c1-27-21(26)15-7-4-6-14(12-15)20(25)23-18-10-3-2-9-17(18)22-19(24)13-16-8-5-11-28-16/h2-12H,13H2,1H3,(H,22,24)(H,23,25). The van der Waals surface area contributed by atoms with E-state index in [2.05, 4.69) is 15.4 Å². The number of carbonyl (C=O) groups is 3. The number of ether oxygens (including phenoxy) is 1. The van der Waals surface area contributed by atoms with Gasteiger partial charge in [0.2, 0.25) is 5.91 Å². The Balaban J connectivity index is 1.73. The number of hydrogen-bond donors (Lipinski definition) is 2. The summed E-state index contributed by atoms with van der Waals surface area (Å²) >= 11 is 1.51. The van der Waals surface area contributed by atoms with E-state index in [0.29, 0.717) is 16.9 Å². The van der Waals surface area contributed by atoms with Crippen LogP contribution >= 0.6 is 11.3 Å². The van der Waals surface area contributed by atoms with Crippen LogP contribution in [0, 0.1) is 0 Å². The zero-order valence-corrected chi connectivity index (χ0v) is 15.9. The Bertz CT molecular complexity index is 999. The maximum Gasteiger partial charge on any atom is 0.337 e. The number of rotatable bonds is 6. The molecule has 0 aliphatic heterocycles. The summed E-state index contributed by atoms with van der Waals surface area (Å²) in [5, 5.41) is 7.51. The summed E-state index contributed by atoms with van der Waals surface area (Å²) < 4.78 is 4.68. The summed E-state index contributed by atoms with van der Waals surface area (Å²) in [4.78, 5) is 37.5. The van der Waals surface area contributed by atoms with Crippen LogP contribution in [0.4, 0.5) is 11.4 Å². The van der Waals surface area contributed by atoms with Crippen LogP contribution in [-0.4, -0.2) is 24.9 Å². The number of carbonyl (C=O) groups excluding carboxylic acids is 3. The van der Waals surface area contributed by atoms with Crippen LogP contribution in [-0.2, 0) is 16.0 Å². The first-order valence-electron chi connectivity index (χ1n) is 8.48. The van der Waals surface area contributed by atoms with Crippen molar-refractivity contribution in [2.45, 2.75) is 6.42 Å². The first kappa shape index (κ1) is 19.3. The number of nitrogens with one attached hydrogen (secondary N) is 2. The predicted octanol–water partition coefficient (Wildman–Crippen LogP) is 3.97. The van der Waals surface area contributed by atoms with E-state index in [1.165, 1.54) is 24.5 Å². The van der Waals surface area contributed by atoms with Crippen LogP contribution in [0.5, 0.6) is 0 Å². The Hall–Kier alpha value is -3.45. The fourth-order valence-electron chi connectivity index (χ4n) is 2.57. The maximum atomic E-state index is 12.6. The predicted molar refractivity (Wildman–Crippen MR) is 109 cm³/mol. The third kappa shape index (κ3) is 4.83. The van der Waals surface area contributed by atoms with Gasteiger partial charge in [0.1, 0.15) is 0 Å². The Kier molecular flexibility index (Phi) is 6.18. The van der Waals surface area contributed by atoms with Gasteiger partial charge in [0.05, 0.1) is 30.5 Å². The summed E-state index contributed by atoms with van der Waals surface area (Å²) in [6, 6.07) is 17.0. The SMILES string of the molecule is COC(=O)c1cccc(C(=O)Nc2ccccc2NC(=O)Cc2cccs2)c1. The van der Waals surface area contributed by atoms with Gasteiger partial charge in [-0.15, -0.1) is 11.3 Å². The average Bonchev–Trinajstić information content (AvgIpc) is 3.21. The van der Waals surface area contributed by atoms with Gasteiger partial charge in [0, 0.05) is 10.4 Å². The second-order valence-corrected chi connectivity index (χ2v) is 6.91. The molecule has 0 aliphatic rings. The molecule has 0 radical (unpaired) electrons. The monoisotopic (exact) mass is 394 g/mol. The molecule has 2 N–H and O–H groups in total. The summed E-state index contributed by atoms with van der Waals surface area (Å²) in [7, 11) is 1.28. The second kappa shape index (κ2) is 8.96. The van der Waals surface area contributed by atoms with Crippen molar-refractivity contribution in [3.05, 3.63) is 82.0 Å². The highest BCUT2D eigenvalue weighted by molar-refractivity contribution is 7.10.